The van der Waals surface area contributed by atoms with Gasteiger partial charge in [0.2, 0.25) is 0 Å². The number of amides is 1. The number of hydrogen-bond donors (Lipinski definition) is 2. The minimum Gasteiger partial charge on any atom is -0.491 e. The van der Waals surface area contributed by atoms with Crippen LogP contribution in [-0.2, 0) is 19.1 Å². The monoisotopic (exact) mass is 470 g/mol. The quantitative estimate of drug-likeness (QED) is 0.536. The van der Waals surface area contributed by atoms with Gasteiger partial charge in [-0.1, -0.05) is 24.3 Å². The molecule has 34 heavy (non-hydrogen) atoms. The topological polar surface area (TPSA) is 61.8 Å². The number of carbonyl (C=O) groups excluding carboxylic acids is 1. The zero-order chi connectivity index (χ0) is 24.1. The van der Waals surface area contributed by atoms with Gasteiger partial charge in [-0.3, -0.25) is 4.79 Å². The van der Waals surface area contributed by atoms with E-state index in [9.17, 15) is 23.1 Å². The number of halogens is 3. The lowest BCUT2D eigenvalue weighted by Gasteiger charge is -2.30. The van der Waals surface area contributed by atoms with Crippen LogP contribution in [0.4, 0.5) is 18.9 Å². The molecule has 1 atom stereocenters. The number of benzene rings is 3. The van der Waals surface area contributed by atoms with Crippen LogP contribution >= 0.6 is 0 Å². The second-order valence-corrected chi connectivity index (χ2v) is 8.18. The summed E-state index contributed by atoms with van der Waals surface area (Å²) in [7, 11) is 0. The van der Waals surface area contributed by atoms with E-state index in [0.717, 1.165) is 37.3 Å². The summed E-state index contributed by atoms with van der Waals surface area (Å²) >= 11 is 0. The average Bonchev–Trinajstić information content (AvgIpc) is 2.85. The molecule has 0 saturated carbocycles. The Morgan fingerprint density at radius 2 is 1.68 bits per heavy atom. The van der Waals surface area contributed by atoms with Crippen LogP contribution in [-0.4, -0.2) is 36.8 Å². The number of anilines is 1. The van der Waals surface area contributed by atoms with Gasteiger partial charge in [0.15, 0.2) is 0 Å². The number of ether oxygens (including phenoxy) is 1. The lowest BCUT2D eigenvalue weighted by Crippen LogP contribution is -2.35. The van der Waals surface area contributed by atoms with Crippen molar-refractivity contribution in [3.63, 3.8) is 0 Å². The predicted molar refractivity (Wildman–Crippen MR) is 123 cm³/mol. The molecule has 0 radical (unpaired) electrons. The van der Waals surface area contributed by atoms with Crippen molar-refractivity contribution in [2.45, 2.75) is 25.2 Å². The second-order valence-electron chi connectivity index (χ2n) is 8.18. The molecular weight excluding hydrogens is 445 g/mol. The fourth-order valence-electron chi connectivity index (χ4n) is 3.84. The first-order valence-electron chi connectivity index (χ1n) is 11.0. The van der Waals surface area contributed by atoms with Gasteiger partial charge in [-0.15, -0.1) is 0 Å². The number of fused-ring (bicyclic) bond motifs is 1. The fourth-order valence-corrected chi connectivity index (χ4v) is 3.84. The molecule has 0 saturated heterocycles. The maximum atomic E-state index is 12.6. The highest BCUT2D eigenvalue weighted by molar-refractivity contribution is 5.94. The summed E-state index contributed by atoms with van der Waals surface area (Å²) in [5, 5.41) is 12.7. The first kappa shape index (κ1) is 23.6. The summed E-state index contributed by atoms with van der Waals surface area (Å²) < 4.78 is 43.1. The largest absolute Gasteiger partial charge is 0.491 e. The number of carbonyl (C=O) groups is 1. The summed E-state index contributed by atoms with van der Waals surface area (Å²) in [4.78, 5) is 14.7. The van der Waals surface area contributed by atoms with Gasteiger partial charge in [0.1, 0.15) is 18.5 Å². The number of nitrogens with zero attached hydrogens (tertiary/aromatic N) is 1. The third-order valence-corrected chi connectivity index (χ3v) is 5.75. The van der Waals surface area contributed by atoms with E-state index in [1.807, 2.05) is 18.2 Å². The molecule has 3 aromatic carbocycles. The maximum Gasteiger partial charge on any atom is 0.416 e. The molecule has 0 spiro atoms. The molecule has 5 nitrogen and oxygen atoms in total. The summed E-state index contributed by atoms with van der Waals surface area (Å²) in [6.07, 6.45) is -4.45. The summed E-state index contributed by atoms with van der Waals surface area (Å²) in [5.74, 6) is -0.126. The van der Waals surface area contributed by atoms with Crippen LogP contribution in [0.2, 0.25) is 0 Å². The van der Waals surface area contributed by atoms with Crippen LogP contribution in [0.15, 0.2) is 72.8 Å². The summed E-state index contributed by atoms with van der Waals surface area (Å²) in [6, 6.07) is 19.9. The molecule has 4 rings (SSSR count). The highest BCUT2D eigenvalue weighted by Gasteiger charge is 2.30. The number of hydrogen-bond acceptors (Lipinski definition) is 4. The van der Waals surface area contributed by atoms with Gasteiger partial charge in [-0.2, -0.15) is 13.2 Å². The van der Waals surface area contributed by atoms with Gasteiger partial charge < -0.3 is 20.1 Å². The Kier molecular flexibility index (Phi) is 7.07. The fraction of sp³-hybridized carbons (Fsp3) is 0.269. The van der Waals surface area contributed by atoms with Gasteiger partial charge >= 0.3 is 6.18 Å². The highest BCUT2D eigenvalue weighted by Crippen LogP contribution is 2.30. The third-order valence-electron chi connectivity index (χ3n) is 5.75. The van der Waals surface area contributed by atoms with E-state index in [0.29, 0.717) is 5.56 Å². The number of aliphatic hydroxyl groups excluding tert-OH is 1. The predicted octanol–water partition coefficient (Wildman–Crippen LogP) is 4.44. The molecule has 1 heterocycles. The Morgan fingerprint density at radius 1 is 1.00 bits per heavy atom. The molecule has 0 fully saturated rings. The zero-order valence-corrected chi connectivity index (χ0v) is 18.4. The Balaban J connectivity index is 1.24. The van der Waals surface area contributed by atoms with Gasteiger partial charge in [0, 0.05) is 30.9 Å². The Morgan fingerprint density at radius 3 is 2.35 bits per heavy atom. The Labute approximate surface area is 195 Å². The molecule has 0 aromatic heterocycles. The number of nitrogens with one attached hydrogen (secondary N) is 1. The minimum atomic E-state index is -4.42. The SMILES string of the molecule is O=C(NCC(O)COc1ccc(C(F)(F)F)cc1)c1ccc(N2CCc3ccccc3C2)cc1. The van der Waals surface area contributed by atoms with E-state index >= 15 is 0 Å². The van der Waals surface area contributed by atoms with Crippen molar-refractivity contribution in [3.05, 3.63) is 95.1 Å². The molecule has 3 aromatic rings. The Hall–Kier alpha value is -3.52. The molecular formula is C26H25F3N2O3. The highest BCUT2D eigenvalue weighted by atomic mass is 19.4. The van der Waals surface area contributed by atoms with Crippen molar-refractivity contribution >= 4 is 11.6 Å². The van der Waals surface area contributed by atoms with Crippen molar-refractivity contribution in [2.24, 2.45) is 0 Å². The van der Waals surface area contributed by atoms with Crippen molar-refractivity contribution in [2.75, 3.05) is 24.6 Å². The first-order valence-corrected chi connectivity index (χ1v) is 11.0. The normalized spacial score (nSPS) is 14.3. The van der Waals surface area contributed by atoms with Gasteiger partial charge in [-0.25, -0.2) is 0 Å². The second kappa shape index (κ2) is 10.2. The van der Waals surface area contributed by atoms with Crippen LogP contribution in [0.1, 0.15) is 27.0 Å². The number of rotatable bonds is 7. The lowest BCUT2D eigenvalue weighted by atomic mass is 9.99. The molecule has 2 N–H and O–H groups in total. The van der Waals surface area contributed by atoms with E-state index in [1.54, 1.807) is 12.1 Å². The van der Waals surface area contributed by atoms with Gasteiger partial charge in [-0.05, 0) is 66.1 Å². The van der Waals surface area contributed by atoms with E-state index < -0.39 is 17.8 Å². The molecule has 0 aliphatic carbocycles. The molecule has 1 aliphatic rings. The third kappa shape index (κ3) is 5.88. The van der Waals surface area contributed by atoms with Gasteiger partial charge in [0.25, 0.3) is 5.91 Å². The van der Waals surface area contributed by atoms with Crippen LogP contribution in [0.25, 0.3) is 0 Å². The van der Waals surface area contributed by atoms with Crippen LogP contribution < -0.4 is 15.0 Å². The maximum absolute atomic E-state index is 12.6. The van der Waals surface area contributed by atoms with Crippen molar-refractivity contribution < 1.29 is 27.8 Å². The Bertz CT molecular complexity index is 1120. The first-order chi connectivity index (χ1) is 16.3. The molecule has 8 heteroatoms. The van der Waals surface area contributed by atoms with Crippen molar-refractivity contribution in [1.29, 1.82) is 0 Å². The molecule has 1 amide bonds. The zero-order valence-electron chi connectivity index (χ0n) is 18.4. The van der Waals surface area contributed by atoms with Crippen LogP contribution in [0.3, 0.4) is 0 Å². The molecule has 0 bridgehead atoms. The smallest absolute Gasteiger partial charge is 0.416 e. The number of aliphatic hydroxyl groups is 1. The van der Waals surface area contributed by atoms with E-state index in [2.05, 4.69) is 28.4 Å². The van der Waals surface area contributed by atoms with E-state index in [-0.39, 0.29) is 24.8 Å². The molecule has 1 aliphatic heterocycles. The van der Waals surface area contributed by atoms with E-state index in [1.165, 1.54) is 23.3 Å². The standard InChI is InChI=1S/C26H25F3N2O3/c27-26(28,29)21-7-11-24(12-8-21)34-17-23(32)15-30-25(33)19-5-9-22(10-6-19)31-14-13-18-3-1-2-4-20(18)16-31/h1-12,23,32H,13-17H2,(H,30,33). The minimum absolute atomic E-state index is 0.0515. The molecule has 1 unspecified atom stereocenters. The average molecular weight is 470 g/mol. The van der Waals surface area contributed by atoms with Crippen LogP contribution in [0, 0.1) is 0 Å². The van der Waals surface area contributed by atoms with E-state index in [4.69, 9.17) is 4.74 Å². The lowest BCUT2D eigenvalue weighted by molar-refractivity contribution is -0.137. The van der Waals surface area contributed by atoms with Crippen molar-refractivity contribution in [1.82, 2.24) is 5.32 Å². The number of alkyl halides is 3. The van der Waals surface area contributed by atoms with Crippen LogP contribution in [0.5, 0.6) is 5.75 Å². The summed E-state index contributed by atoms with van der Waals surface area (Å²) in [6.45, 7) is 1.52. The van der Waals surface area contributed by atoms with Gasteiger partial charge in [0.05, 0.1) is 5.56 Å². The molecule has 178 valence electrons. The van der Waals surface area contributed by atoms with Crippen molar-refractivity contribution in [3.8, 4) is 5.75 Å². The summed E-state index contributed by atoms with van der Waals surface area (Å²) in [5.41, 5.74) is 3.41.